The predicted octanol–water partition coefficient (Wildman–Crippen LogP) is 3.52. The largest absolute Gasteiger partial charge is 0.382 e. The van der Waals surface area contributed by atoms with Crippen LogP contribution in [0.2, 0.25) is 0 Å². The monoisotopic (exact) mass is 332 g/mol. The average molecular weight is 332 g/mol. The fourth-order valence-electron chi connectivity index (χ4n) is 4.03. The fourth-order valence-corrected chi connectivity index (χ4v) is 4.03. The van der Waals surface area contributed by atoms with Gasteiger partial charge in [-0.1, -0.05) is 12.1 Å². The van der Waals surface area contributed by atoms with Gasteiger partial charge in [-0.3, -0.25) is 4.90 Å². The van der Waals surface area contributed by atoms with Crippen LogP contribution in [0.1, 0.15) is 39.2 Å². The van der Waals surface area contributed by atoms with E-state index in [2.05, 4.69) is 55.3 Å². The van der Waals surface area contributed by atoms with E-state index in [1.165, 1.54) is 11.3 Å². The number of hydrogen-bond acceptors (Lipinski definition) is 4. The molecule has 0 spiro atoms. The first-order chi connectivity index (χ1) is 11.6. The van der Waals surface area contributed by atoms with Crippen molar-refractivity contribution >= 4 is 5.69 Å². The molecule has 0 saturated carbocycles. The van der Waals surface area contributed by atoms with Gasteiger partial charge in [0.25, 0.3) is 0 Å². The lowest BCUT2D eigenvalue weighted by molar-refractivity contribution is -0.0704. The lowest BCUT2D eigenvalue weighted by Crippen LogP contribution is -2.44. The van der Waals surface area contributed by atoms with E-state index in [4.69, 9.17) is 9.47 Å². The van der Waals surface area contributed by atoms with Gasteiger partial charge in [0.05, 0.1) is 12.2 Å². The number of rotatable bonds is 5. The quantitative estimate of drug-likeness (QED) is 0.894. The van der Waals surface area contributed by atoms with Gasteiger partial charge in [0.2, 0.25) is 0 Å². The Bertz CT molecular complexity index is 506. The molecule has 2 saturated heterocycles. The van der Waals surface area contributed by atoms with Crippen LogP contribution < -0.4 is 5.32 Å². The Hall–Kier alpha value is -1.10. The van der Waals surface area contributed by atoms with Crippen molar-refractivity contribution in [3.63, 3.8) is 0 Å². The minimum atomic E-state index is 0.323. The molecule has 2 heterocycles. The number of nitrogens with one attached hydrogen (secondary N) is 1. The van der Waals surface area contributed by atoms with Crippen LogP contribution in [0.3, 0.4) is 0 Å². The molecule has 0 bridgehead atoms. The van der Waals surface area contributed by atoms with E-state index >= 15 is 0 Å². The first kappa shape index (κ1) is 17.7. The third kappa shape index (κ3) is 4.95. The summed E-state index contributed by atoms with van der Waals surface area (Å²) < 4.78 is 11.3. The zero-order valence-corrected chi connectivity index (χ0v) is 15.3. The molecule has 24 heavy (non-hydrogen) atoms. The summed E-state index contributed by atoms with van der Waals surface area (Å²) in [4.78, 5) is 2.50. The van der Waals surface area contributed by atoms with Gasteiger partial charge in [-0.05, 0) is 57.2 Å². The molecular formula is C20H32N2O2. The smallest absolute Gasteiger partial charge is 0.0678 e. The van der Waals surface area contributed by atoms with Crippen LogP contribution in [-0.2, 0) is 16.0 Å². The Morgan fingerprint density at radius 1 is 1.17 bits per heavy atom. The highest BCUT2D eigenvalue weighted by molar-refractivity contribution is 5.46. The summed E-state index contributed by atoms with van der Waals surface area (Å²) >= 11 is 0. The second-order valence-electron chi connectivity index (χ2n) is 7.53. The van der Waals surface area contributed by atoms with E-state index in [-0.39, 0.29) is 0 Å². The van der Waals surface area contributed by atoms with Gasteiger partial charge in [0.15, 0.2) is 0 Å². The molecule has 3 unspecified atom stereocenters. The minimum Gasteiger partial charge on any atom is -0.382 e. The molecule has 4 nitrogen and oxygen atoms in total. The maximum Gasteiger partial charge on any atom is 0.0678 e. The first-order valence-corrected chi connectivity index (χ1v) is 9.41. The minimum absolute atomic E-state index is 0.323. The highest BCUT2D eigenvalue weighted by atomic mass is 16.5. The van der Waals surface area contributed by atoms with Crippen LogP contribution in [0.4, 0.5) is 5.69 Å². The molecule has 3 atom stereocenters. The first-order valence-electron chi connectivity index (χ1n) is 9.41. The van der Waals surface area contributed by atoms with Gasteiger partial charge in [0, 0.05) is 44.6 Å². The zero-order valence-electron chi connectivity index (χ0n) is 15.3. The summed E-state index contributed by atoms with van der Waals surface area (Å²) in [5.74, 6) is 0.711. The van der Waals surface area contributed by atoms with Crippen LogP contribution in [-0.4, -0.2) is 49.5 Å². The Labute approximate surface area is 146 Å². The van der Waals surface area contributed by atoms with Gasteiger partial charge in [-0.25, -0.2) is 0 Å². The Morgan fingerprint density at radius 3 is 2.58 bits per heavy atom. The van der Waals surface area contributed by atoms with Crippen LogP contribution in [0.5, 0.6) is 0 Å². The molecule has 2 aliphatic rings. The van der Waals surface area contributed by atoms with Gasteiger partial charge < -0.3 is 14.8 Å². The van der Waals surface area contributed by atoms with Crippen LogP contribution >= 0.6 is 0 Å². The van der Waals surface area contributed by atoms with Crippen molar-refractivity contribution < 1.29 is 9.47 Å². The highest BCUT2D eigenvalue weighted by Gasteiger charge is 2.23. The molecule has 2 fully saturated rings. The molecule has 0 aliphatic carbocycles. The van der Waals surface area contributed by atoms with Gasteiger partial charge in [0.1, 0.15) is 0 Å². The van der Waals surface area contributed by atoms with Crippen molar-refractivity contribution in [3.05, 3.63) is 29.8 Å². The summed E-state index contributed by atoms with van der Waals surface area (Å²) in [6.07, 6.45) is 2.97. The average Bonchev–Trinajstić information content (AvgIpc) is 2.55. The normalized spacial score (nSPS) is 27.8. The van der Waals surface area contributed by atoms with Crippen molar-refractivity contribution in [1.82, 2.24) is 4.90 Å². The molecule has 0 amide bonds. The summed E-state index contributed by atoms with van der Waals surface area (Å²) in [5.41, 5.74) is 2.61. The SMILES string of the molecule is CC1CN(Cc2cccc(NC(C)C3CCOCC3)c2)CC(C)O1. The van der Waals surface area contributed by atoms with Crippen molar-refractivity contribution in [2.75, 3.05) is 31.6 Å². The van der Waals surface area contributed by atoms with Crippen LogP contribution in [0.25, 0.3) is 0 Å². The van der Waals surface area contributed by atoms with Gasteiger partial charge in [-0.15, -0.1) is 0 Å². The van der Waals surface area contributed by atoms with Crippen molar-refractivity contribution in [2.24, 2.45) is 5.92 Å². The second kappa shape index (κ2) is 8.32. The summed E-state index contributed by atoms with van der Waals surface area (Å²) in [6.45, 7) is 11.5. The van der Waals surface area contributed by atoms with Crippen LogP contribution in [0, 0.1) is 5.92 Å². The van der Waals surface area contributed by atoms with Crippen molar-refractivity contribution in [1.29, 1.82) is 0 Å². The highest BCUT2D eigenvalue weighted by Crippen LogP contribution is 2.23. The topological polar surface area (TPSA) is 33.7 Å². The molecule has 1 N–H and O–H groups in total. The number of ether oxygens (including phenoxy) is 2. The molecule has 1 aromatic carbocycles. The third-order valence-electron chi connectivity index (χ3n) is 5.20. The summed E-state index contributed by atoms with van der Waals surface area (Å²) in [7, 11) is 0. The molecule has 134 valence electrons. The zero-order chi connectivity index (χ0) is 16.9. The molecule has 2 aliphatic heterocycles. The molecule has 1 aromatic rings. The van der Waals surface area contributed by atoms with E-state index in [9.17, 15) is 0 Å². The molecule has 3 rings (SSSR count). The molecule has 0 radical (unpaired) electrons. The van der Waals surface area contributed by atoms with Crippen LogP contribution in [0.15, 0.2) is 24.3 Å². The number of anilines is 1. The van der Waals surface area contributed by atoms with E-state index < -0.39 is 0 Å². The van der Waals surface area contributed by atoms with Gasteiger partial charge >= 0.3 is 0 Å². The maximum atomic E-state index is 5.83. The van der Waals surface area contributed by atoms with E-state index in [1.54, 1.807) is 0 Å². The van der Waals surface area contributed by atoms with Crippen molar-refractivity contribution in [2.45, 2.75) is 58.4 Å². The number of hydrogen-bond donors (Lipinski definition) is 1. The maximum absolute atomic E-state index is 5.83. The number of morpholine rings is 1. The standard InChI is InChI=1S/C20H32N2O2/c1-15-12-22(13-16(2)24-15)14-18-5-4-6-20(11-18)21-17(3)19-7-9-23-10-8-19/h4-6,11,15-17,19,21H,7-10,12-14H2,1-3H3. The fraction of sp³-hybridized carbons (Fsp3) is 0.700. The third-order valence-corrected chi connectivity index (χ3v) is 5.20. The van der Waals surface area contributed by atoms with E-state index in [0.29, 0.717) is 24.2 Å². The lowest BCUT2D eigenvalue weighted by Gasteiger charge is -2.35. The number of benzene rings is 1. The summed E-state index contributed by atoms with van der Waals surface area (Å²) in [5, 5.41) is 3.71. The Kier molecular flexibility index (Phi) is 6.14. The lowest BCUT2D eigenvalue weighted by atomic mass is 9.93. The molecular weight excluding hydrogens is 300 g/mol. The Balaban J connectivity index is 1.57. The molecule has 0 aromatic heterocycles. The van der Waals surface area contributed by atoms with E-state index in [1.807, 2.05) is 0 Å². The van der Waals surface area contributed by atoms with Crippen molar-refractivity contribution in [3.8, 4) is 0 Å². The van der Waals surface area contributed by atoms with Gasteiger partial charge in [-0.2, -0.15) is 0 Å². The Morgan fingerprint density at radius 2 is 1.88 bits per heavy atom. The predicted molar refractivity (Wildman–Crippen MR) is 98.4 cm³/mol. The number of nitrogens with zero attached hydrogens (tertiary/aromatic N) is 1. The molecule has 4 heteroatoms. The van der Waals surface area contributed by atoms with E-state index in [0.717, 1.165) is 45.7 Å². The summed E-state index contributed by atoms with van der Waals surface area (Å²) in [6, 6.07) is 9.38. The second-order valence-corrected chi connectivity index (χ2v) is 7.53.